The fourth-order valence-corrected chi connectivity index (χ4v) is 2.15. The highest BCUT2D eigenvalue weighted by atomic mass is 32.2. The third kappa shape index (κ3) is 2.70. The highest BCUT2D eigenvalue weighted by molar-refractivity contribution is 7.92. The first-order chi connectivity index (χ1) is 8.62. The van der Waals surface area contributed by atoms with Crippen LogP contribution in [-0.2, 0) is 10.0 Å². The molecule has 0 unspecified atom stereocenters. The standard InChI is InChI=1S/C9H10N6O2S/c10-13-7-1-3-8(4-2-7)18(16,17)15-9-11-5-6-12-14-9/h1-6,13H,10H2,(H,11,14,15). The average Bonchev–Trinajstić information content (AvgIpc) is 2.39. The van der Waals surface area contributed by atoms with Gasteiger partial charge in [-0.1, -0.05) is 0 Å². The van der Waals surface area contributed by atoms with Crippen molar-refractivity contribution < 1.29 is 8.42 Å². The van der Waals surface area contributed by atoms with Crippen LogP contribution in [0.3, 0.4) is 0 Å². The van der Waals surface area contributed by atoms with Gasteiger partial charge in [0.25, 0.3) is 16.0 Å². The van der Waals surface area contributed by atoms with Crippen LogP contribution in [0, 0.1) is 0 Å². The molecular weight excluding hydrogens is 256 g/mol. The predicted molar refractivity (Wildman–Crippen MR) is 64.9 cm³/mol. The summed E-state index contributed by atoms with van der Waals surface area (Å²) >= 11 is 0. The predicted octanol–water partition coefficient (Wildman–Crippen LogP) is -0.0420. The van der Waals surface area contributed by atoms with Crippen LogP contribution in [0.5, 0.6) is 0 Å². The monoisotopic (exact) mass is 266 g/mol. The van der Waals surface area contributed by atoms with Crippen LogP contribution in [0.15, 0.2) is 41.6 Å². The number of nitrogens with one attached hydrogen (secondary N) is 2. The molecule has 0 atom stereocenters. The van der Waals surface area contributed by atoms with Crippen molar-refractivity contribution in [3.63, 3.8) is 0 Å². The van der Waals surface area contributed by atoms with Crippen LogP contribution in [0.25, 0.3) is 0 Å². The number of nitrogens with zero attached hydrogens (tertiary/aromatic N) is 3. The lowest BCUT2D eigenvalue weighted by molar-refractivity contribution is 0.600. The van der Waals surface area contributed by atoms with Crippen molar-refractivity contribution in [1.82, 2.24) is 15.2 Å². The van der Waals surface area contributed by atoms with Gasteiger partial charge in [-0.15, -0.1) is 5.10 Å². The Morgan fingerprint density at radius 1 is 1.11 bits per heavy atom. The van der Waals surface area contributed by atoms with Crippen molar-refractivity contribution in [3.05, 3.63) is 36.7 Å². The molecular formula is C9H10N6O2S. The number of nitrogen functional groups attached to an aromatic ring is 1. The van der Waals surface area contributed by atoms with E-state index in [-0.39, 0.29) is 10.8 Å². The Kier molecular flexibility index (Phi) is 3.35. The van der Waals surface area contributed by atoms with Gasteiger partial charge in [-0.3, -0.25) is 5.84 Å². The van der Waals surface area contributed by atoms with E-state index in [0.717, 1.165) is 0 Å². The minimum atomic E-state index is -3.72. The molecule has 0 radical (unpaired) electrons. The van der Waals surface area contributed by atoms with E-state index in [1.54, 1.807) is 12.1 Å². The number of sulfonamides is 1. The molecule has 0 aliphatic rings. The molecule has 2 aromatic rings. The number of aromatic nitrogens is 3. The van der Waals surface area contributed by atoms with Gasteiger partial charge in [-0.2, -0.15) is 5.10 Å². The molecule has 0 aliphatic heterocycles. The van der Waals surface area contributed by atoms with Crippen LogP contribution >= 0.6 is 0 Å². The Morgan fingerprint density at radius 3 is 2.39 bits per heavy atom. The van der Waals surface area contributed by atoms with Crippen LogP contribution in [0.1, 0.15) is 0 Å². The molecule has 4 N–H and O–H groups in total. The SMILES string of the molecule is NNc1ccc(S(=O)(=O)Nc2nccnn2)cc1. The van der Waals surface area contributed by atoms with E-state index in [0.29, 0.717) is 5.69 Å². The Bertz CT molecular complexity index is 613. The van der Waals surface area contributed by atoms with E-state index < -0.39 is 10.0 Å². The van der Waals surface area contributed by atoms with E-state index in [1.165, 1.54) is 24.5 Å². The quantitative estimate of drug-likeness (QED) is 0.524. The van der Waals surface area contributed by atoms with Gasteiger partial charge in [0.1, 0.15) is 0 Å². The van der Waals surface area contributed by atoms with Crippen LogP contribution < -0.4 is 16.0 Å². The maximum atomic E-state index is 11.9. The van der Waals surface area contributed by atoms with Crippen molar-refractivity contribution in [1.29, 1.82) is 0 Å². The maximum Gasteiger partial charge on any atom is 0.264 e. The van der Waals surface area contributed by atoms with Crippen LogP contribution in [0.4, 0.5) is 11.6 Å². The molecule has 0 spiro atoms. The summed E-state index contributed by atoms with van der Waals surface area (Å²) in [7, 11) is -3.72. The van der Waals surface area contributed by atoms with E-state index in [2.05, 4.69) is 25.3 Å². The van der Waals surface area contributed by atoms with Crippen molar-refractivity contribution in [2.75, 3.05) is 10.1 Å². The number of nitrogens with two attached hydrogens (primary N) is 1. The van der Waals surface area contributed by atoms with Crippen LogP contribution in [-0.4, -0.2) is 23.6 Å². The number of anilines is 2. The smallest absolute Gasteiger partial charge is 0.264 e. The molecule has 1 aromatic heterocycles. The minimum absolute atomic E-state index is 0.0777. The molecule has 0 amide bonds. The lowest BCUT2D eigenvalue weighted by Gasteiger charge is -2.06. The molecule has 9 heteroatoms. The summed E-state index contributed by atoms with van der Waals surface area (Å²) in [4.78, 5) is 3.80. The average molecular weight is 266 g/mol. The highest BCUT2D eigenvalue weighted by Crippen LogP contribution is 2.15. The molecule has 0 saturated heterocycles. The zero-order chi connectivity index (χ0) is 13.0. The van der Waals surface area contributed by atoms with Gasteiger partial charge in [-0.05, 0) is 24.3 Å². The number of benzene rings is 1. The van der Waals surface area contributed by atoms with Gasteiger partial charge in [0, 0.05) is 5.69 Å². The number of hydrogen-bond donors (Lipinski definition) is 3. The number of rotatable bonds is 4. The summed E-state index contributed by atoms with van der Waals surface area (Å²) in [5.74, 6) is 5.10. The first-order valence-electron chi connectivity index (χ1n) is 4.85. The van der Waals surface area contributed by atoms with Gasteiger partial charge in [-0.25, -0.2) is 18.1 Å². The second kappa shape index (κ2) is 4.94. The normalized spacial score (nSPS) is 10.9. The van der Waals surface area contributed by atoms with Crippen molar-refractivity contribution in [3.8, 4) is 0 Å². The summed E-state index contributed by atoms with van der Waals surface area (Å²) in [6.07, 6.45) is 2.69. The van der Waals surface area contributed by atoms with E-state index in [4.69, 9.17) is 5.84 Å². The molecule has 94 valence electrons. The Morgan fingerprint density at radius 2 is 1.83 bits per heavy atom. The lowest BCUT2D eigenvalue weighted by atomic mass is 10.3. The van der Waals surface area contributed by atoms with Crippen molar-refractivity contribution in [2.45, 2.75) is 4.90 Å². The lowest BCUT2D eigenvalue weighted by Crippen LogP contribution is -2.15. The fraction of sp³-hybridized carbons (Fsp3) is 0. The fourth-order valence-electron chi connectivity index (χ4n) is 1.20. The number of hydrogen-bond acceptors (Lipinski definition) is 7. The topological polar surface area (TPSA) is 123 Å². The van der Waals surface area contributed by atoms with Gasteiger partial charge < -0.3 is 5.43 Å². The van der Waals surface area contributed by atoms with Gasteiger partial charge in [0.2, 0.25) is 0 Å². The van der Waals surface area contributed by atoms with E-state index in [9.17, 15) is 8.42 Å². The van der Waals surface area contributed by atoms with Crippen molar-refractivity contribution >= 4 is 21.7 Å². The zero-order valence-electron chi connectivity index (χ0n) is 9.11. The largest absolute Gasteiger partial charge is 0.324 e. The molecule has 2 rings (SSSR count). The summed E-state index contributed by atoms with van der Waals surface area (Å²) in [6, 6.07) is 5.90. The molecule has 18 heavy (non-hydrogen) atoms. The molecule has 1 aromatic carbocycles. The van der Waals surface area contributed by atoms with Crippen molar-refractivity contribution in [2.24, 2.45) is 5.84 Å². The Balaban J connectivity index is 2.25. The molecule has 0 saturated carbocycles. The maximum absolute atomic E-state index is 11.9. The molecule has 0 aliphatic carbocycles. The second-order valence-corrected chi connectivity index (χ2v) is 4.92. The summed E-state index contributed by atoms with van der Waals surface area (Å²) < 4.78 is 26.1. The highest BCUT2D eigenvalue weighted by Gasteiger charge is 2.15. The summed E-state index contributed by atoms with van der Waals surface area (Å²) in [5, 5.41) is 7.06. The molecule has 0 fully saturated rings. The molecule has 8 nitrogen and oxygen atoms in total. The van der Waals surface area contributed by atoms with E-state index in [1.807, 2.05) is 0 Å². The Hall–Kier alpha value is -2.26. The van der Waals surface area contributed by atoms with Gasteiger partial charge in [0.15, 0.2) is 0 Å². The molecule has 0 bridgehead atoms. The van der Waals surface area contributed by atoms with E-state index >= 15 is 0 Å². The third-order valence-electron chi connectivity index (χ3n) is 2.04. The Labute approximate surface area is 103 Å². The summed E-state index contributed by atoms with van der Waals surface area (Å²) in [6.45, 7) is 0. The van der Waals surface area contributed by atoms with Gasteiger partial charge >= 0.3 is 0 Å². The van der Waals surface area contributed by atoms with Crippen LogP contribution in [0.2, 0.25) is 0 Å². The summed E-state index contributed by atoms with van der Waals surface area (Å²) in [5.41, 5.74) is 3.01. The third-order valence-corrected chi connectivity index (χ3v) is 3.38. The first kappa shape index (κ1) is 12.2. The second-order valence-electron chi connectivity index (χ2n) is 3.24. The zero-order valence-corrected chi connectivity index (χ0v) is 9.92. The number of hydrazine groups is 1. The molecule has 1 heterocycles. The minimum Gasteiger partial charge on any atom is -0.324 e. The van der Waals surface area contributed by atoms with Gasteiger partial charge in [0.05, 0.1) is 17.3 Å². The first-order valence-corrected chi connectivity index (χ1v) is 6.33.